The first-order chi connectivity index (χ1) is 10.2. The fourth-order valence-corrected chi connectivity index (χ4v) is 3.12. The van der Waals surface area contributed by atoms with Gasteiger partial charge in [-0.15, -0.1) is 12.4 Å². The molecule has 1 aromatic carbocycles. The SMILES string of the molecule is CNCCCC(=O)N1CCCCCC1c1ccc(Cl)cc1.Cl. The Morgan fingerprint density at radius 3 is 2.68 bits per heavy atom. The molecule has 1 heterocycles. The minimum Gasteiger partial charge on any atom is -0.336 e. The van der Waals surface area contributed by atoms with Gasteiger partial charge in [-0.05, 0) is 50.6 Å². The van der Waals surface area contributed by atoms with Gasteiger partial charge < -0.3 is 10.2 Å². The van der Waals surface area contributed by atoms with Crippen molar-refractivity contribution in [2.75, 3.05) is 20.1 Å². The van der Waals surface area contributed by atoms with Crippen LogP contribution in [-0.4, -0.2) is 30.9 Å². The van der Waals surface area contributed by atoms with Crippen LogP contribution < -0.4 is 5.32 Å². The number of likely N-dealkylation sites (tertiary alicyclic amines) is 1. The summed E-state index contributed by atoms with van der Waals surface area (Å²) < 4.78 is 0. The van der Waals surface area contributed by atoms with E-state index >= 15 is 0 Å². The average Bonchev–Trinajstić information content (AvgIpc) is 2.74. The molecule has 1 aromatic rings. The molecule has 1 aliphatic heterocycles. The number of hydrogen-bond donors (Lipinski definition) is 1. The van der Waals surface area contributed by atoms with E-state index in [-0.39, 0.29) is 24.4 Å². The second-order valence-corrected chi connectivity index (χ2v) is 6.15. The highest BCUT2D eigenvalue weighted by Crippen LogP contribution is 2.31. The van der Waals surface area contributed by atoms with Crippen molar-refractivity contribution in [1.82, 2.24) is 10.2 Å². The van der Waals surface area contributed by atoms with E-state index in [0.717, 1.165) is 37.4 Å². The van der Waals surface area contributed by atoms with Gasteiger partial charge in [0.15, 0.2) is 0 Å². The van der Waals surface area contributed by atoms with E-state index < -0.39 is 0 Å². The van der Waals surface area contributed by atoms with E-state index in [0.29, 0.717) is 6.42 Å². The van der Waals surface area contributed by atoms with Gasteiger partial charge in [-0.2, -0.15) is 0 Å². The zero-order valence-electron chi connectivity index (χ0n) is 13.2. The molecule has 124 valence electrons. The lowest BCUT2D eigenvalue weighted by molar-refractivity contribution is -0.133. The van der Waals surface area contributed by atoms with Gasteiger partial charge in [0.1, 0.15) is 0 Å². The molecule has 1 amide bonds. The Morgan fingerprint density at radius 2 is 2.00 bits per heavy atom. The van der Waals surface area contributed by atoms with Crippen LogP contribution in [0.1, 0.15) is 50.1 Å². The largest absolute Gasteiger partial charge is 0.336 e. The Labute approximate surface area is 144 Å². The quantitative estimate of drug-likeness (QED) is 0.811. The molecule has 0 radical (unpaired) electrons. The Morgan fingerprint density at radius 1 is 1.27 bits per heavy atom. The van der Waals surface area contributed by atoms with Crippen molar-refractivity contribution in [3.8, 4) is 0 Å². The lowest BCUT2D eigenvalue weighted by Crippen LogP contribution is -2.35. The highest BCUT2D eigenvalue weighted by molar-refractivity contribution is 6.30. The Balaban J connectivity index is 0.00000242. The molecule has 0 aromatic heterocycles. The molecule has 2 rings (SSSR count). The third kappa shape index (κ3) is 5.45. The monoisotopic (exact) mass is 344 g/mol. The highest BCUT2D eigenvalue weighted by Gasteiger charge is 2.26. The van der Waals surface area contributed by atoms with Crippen LogP contribution in [0.15, 0.2) is 24.3 Å². The lowest BCUT2D eigenvalue weighted by Gasteiger charge is -2.30. The van der Waals surface area contributed by atoms with E-state index in [1.165, 1.54) is 18.4 Å². The summed E-state index contributed by atoms with van der Waals surface area (Å²) in [4.78, 5) is 14.6. The van der Waals surface area contributed by atoms with Crippen molar-refractivity contribution < 1.29 is 4.79 Å². The van der Waals surface area contributed by atoms with Gasteiger partial charge in [-0.25, -0.2) is 0 Å². The molecule has 0 spiro atoms. The van der Waals surface area contributed by atoms with E-state index in [4.69, 9.17) is 11.6 Å². The van der Waals surface area contributed by atoms with E-state index in [9.17, 15) is 4.79 Å². The highest BCUT2D eigenvalue weighted by atomic mass is 35.5. The number of carbonyl (C=O) groups is 1. The molecule has 0 bridgehead atoms. The van der Waals surface area contributed by atoms with Crippen molar-refractivity contribution in [2.24, 2.45) is 0 Å². The first-order valence-electron chi connectivity index (χ1n) is 7.92. The average molecular weight is 345 g/mol. The lowest BCUT2D eigenvalue weighted by atomic mass is 10.0. The second kappa shape index (κ2) is 10.1. The number of nitrogens with zero attached hydrogens (tertiary/aromatic N) is 1. The Bertz CT molecular complexity index is 450. The molecule has 1 saturated heterocycles. The molecule has 0 saturated carbocycles. The zero-order valence-corrected chi connectivity index (χ0v) is 14.8. The fourth-order valence-electron chi connectivity index (χ4n) is 3.00. The Kier molecular flexibility index (Phi) is 8.84. The predicted molar refractivity (Wildman–Crippen MR) is 94.8 cm³/mol. The van der Waals surface area contributed by atoms with Crippen LogP contribution in [0.4, 0.5) is 0 Å². The predicted octanol–water partition coefficient (Wildman–Crippen LogP) is 4.21. The fraction of sp³-hybridized carbons (Fsp3) is 0.588. The molecular weight excluding hydrogens is 319 g/mol. The minimum absolute atomic E-state index is 0. The number of carbonyl (C=O) groups excluding carboxylic acids is 1. The first-order valence-corrected chi connectivity index (χ1v) is 8.29. The van der Waals surface area contributed by atoms with Gasteiger partial charge in [0.2, 0.25) is 5.91 Å². The third-order valence-electron chi connectivity index (χ3n) is 4.15. The smallest absolute Gasteiger partial charge is 0.223 e. The molecule has 3 nitrogen and oxygen atoms in total. The number of nitrogens with one attached hydrogen (secondary N) is 1. The summed E-state index contributed by atoms with van der Waals surface area (Å²) in [6.07, 6.45) is 6.10. The topological polar surface area (TPSA) is 32.3 Å². The maximum atomic E-state index is 12.5. The van der Waals surface area contributed by atoms with Gasteiger partial charge in [0.05, 0.1) is 6.04 Å². The molecule has 22 heavy (non-hydrogen) atoms. The molecule has 0 aliphatic carbocycles. The molecule has 1 N–H and O–H groups in total. The van der Waals surface area contributed by atoms with E-state index in [1.54, 1.807) is 0 Å². The zero-order chi connectivity index (χ0) is 15.1. The number of rotatable bonds is 5. The normalized spacial score (nSPS) is 18.5. The molecule has 5 heteroatoms. The number of benzene rings is 1. The standard InChI is InChI=1S/C17H25ClN2O.ClH/c1-19-12-5-7-17(21)20-13-4-2-3-6-16(20)14-8-10-15(18)11-9-14;/h8-11,16,19H,2-7,12-13H2,1H3;1H. The summed E-state index contributed by atoms with van der Waals surface area (Å²) in [5.41, 5.74) is 1.21. The molecular formula is C17H26Cl2N2O. The second-order valence-electron chi connectivity index (χ2n) is 5.71. The Hall–Kier alpha value is -0.770. The maximum absolute atomic E-state index is 12.5. The van der Waals surface area contributed by atoms with Crippen LogP contribution in [-0.2, 0) is 4.79 Å². The summed E-state index contributed by atoms with van der Waals surface area (Å²) in [5, 5.41) is 3.85. The van der Waals surface area contributed by atoms with Crippen LogP contribution in [0.25, 0.3) is 0 Å². The first kappa shape index (κ1) is 19.3. The molecule has 1 aliphatic rings. The third-order valence-corrected chi connectivity index (χ3v) is 4.40. The van der Waals surface area contributed by atoms with Gasteiger partial charge in [-0.1, -0.05) is 36.6 Å². The van der Waals surface area contributed by atoms with Gasteiger partial charge in [-0.3, -0.25) is 4.79 Å². The summed E-state index contributed by atoms with van der Waals surface area (Å²) in [7, 11) is 1.92. The number of hydrogen-bond acceptors (Lipinski definition) is 2. The van der Waals surface area contributed by atoms with Crippen molar-refractivity contribution in [3.05, 3.63) is 34.9 Å². The number of amides is 1. The summed E-state index contributed by atoms with van der Waals surface area (Å²) in [5.74, 6) is 0.284. The summed E-state index contributed by atoms with van der Waals surface area (Å²) in [6, 6.07) is 8.18. The van der Waals surface area contributed by atoms with Crippen LogP contribution in [0.3, 0.4) is 0 Å². The molecule has 1 atom stereocenters. The number of halogens is 2. The van der Waals surface area contributed by atoms with Crippen molar-refractivity contribution >= 4 is 29.9 Å². The van der Waals surface area contributed by atoms with Crippen LogP contribution in [0.2, 0.25) is 5.02 Å². The van der Waals surface area contributed by atoms with E-state index in [2.05, 4.69) is 22.3 Å². The van der Waals surface area contributed by atoms with Gasteiger partial charge in [0.25, 0.3) is 0 Å². The van der Waals surface area contributed by atoms with Crippen LogP contribution >= 0.6 is 24.0 Å². The molecule has 1 unspecified atom stereocenters. The summed E-state index contributed by atoms with van der Waals surface area (Å²) >= 11 is 5.98. The van der Waals surface area contributed by atoms with Gasteiger partial charge in [0, 0.05) is 18.0 Å². The minimum atomic E-state index is 0. The van der Waals surface area contributed by atoms with Crippen LogP contribution in [0, 0.1) is 0 Å². The molecule has 1 fully saturated rings. The van der Waals surface area contributed by atoms with Crippen molar-refractivity contribution in [1.29, 1.82) is 0 Å². The summed E-state index contributed by atoms with van der Waals surface area (Å²) in [6.45, 7) is 1.77. The maximum Gasteiger partial charge on any atom is 0.223 e. The van der Waals surface area contributed by atoms with Crippen LogP contribution in [0.5, 0.6) is 0 Å². The van der Waals surface area contributed by atoms with E-state index in [1.807, 2.05) is 19.2 Å². The van der Waals surface area contributed by atoms with Crippen molar-refractivity contribution in [3.63, 3.8) is 0 Å². The van der Waals surface area contributed by atoms with Gasteiger partial charge >= 0.3 is 0 Å². The van der Waals surface area contributed by atoms with Crippen molar-refractivity contribution in [2.45, 2.75) is 44.6 Å².